The number of nitrogens with one attached hydrogen (secondary N) is 1. The zero-order valence-corrected chi connectivity index (χ0v) is 11.8. The van der Waals surface area contributed by atoms with Gasteiger partial charge in [0.05, 0.1) is 11.4 Å². The molecule has 0 fully saturated rings. The minimum Gasteiger partial charge on any atom is -0.390 e. The third-order valence-corrected chi connectivity index (χ3v) is 4.33. The molecule has 0 radical (unpaired) electrons. The molecule has 0 atom stereocenters. The van der Waals surface area contributed by atoms with Gasteiger partial charge in [0.1, 0.15) is 6.61 Å². The normalized spacial score (nSPS) is 12.7. The molecule has 1 rings (SSSR count). The number of rotatable bonds is 5. The summed E-state index contributed by atoms with van der Waals surface area (Å²) in [5, 5.41) is 8.42. The maximum absolute atomic E-state index is 12.9. The minimum atomic E-state index is -4.02. The number of sulfonamides is 1. The van der Waals surface area contributed by atoms with Crippen molar-refractivity contribution in [2.75, 3.05) is 13.2 Å². The molecule has 1 aromatic carbocycles. The molecule has 0 unspecified atom stereocenters. The van der Waals surface area contributed by atoms with Crippen molar-refractivity contribution in [1.82, 2.24) is 4.72 Å². The van der Waals surface area contributed by atoms with Gasteiger partial charge in [0, 0.05) is 0 Å². The van der Waals surface area contributed by atoms with Crippen LogP contribution in [0, 0.1) is 20.8 Å². The summed E-state index contributed by atoms with van der Waals surface area (Å²) in [5.41, 5.74) is 1.89. The van der Waals surface area contributed by atoms with Crippen molar-refractivity contribution < 1.29 is 22.3 Å². The van der Waals surface area contributed by atoms with Gasteiger partial charge in [0.15, 0.2) is 0 Å². The summed E-state index contributed by atoms with van der Waals surface area (Å²) >= 11 is 0. The molecule has 19 heavy (non-hydrogen) atoms. The smallest absolute Gasteiger partial charge is 0.283 e. The van der Waals surface area contributed by atoms with Crippen LogP contribution in [-0.4, -0.2) is 32.6 Å². The Morgan fingerprint density at radius 1 is 1.21 bits per heavy atom. The fraction of sp³-hybridized carbons (Fsp3) is 0.500. The largest absolute Gasteiger partial charge is 0.390 e. The van der Waals surface area contributed by atoms with E-state index in [1.807, 2.05) is 11.6 Å². The lowest BCUT2D eigenvalue weighted by atomic mass is 10.1. The number of aliphatic hydroxyl groups excluding tert-OH is 1. The first kappa shape index (κ1) is 16.0. The summed E-state index contributed by atoms with van der Waals surface area (Å²) in [6.45, 7) is 2.52. The van der Waals surface area contributed by atoms with Crippen LogP contribution in [0.5, 0.6) is 0 Å². The van der Waals surface area contributed by atoms with Crippen molar-refractivity contribution in [3.05, 3.63) is 28.8 Å². The molecular weight excluding hydrogens is 276 g/mol. The number of alkyl halides is 2. The van der Waals surface area contributed by atoms with E-state index in [1.54, 1.807) is 26.0 Å². The molecule has 4 nitrogen and oxygen atoms in total. The van der Waals surface area contributed by atoms with Crippen LogP contribution in [0.2, 0.25) is 0 Å². The highest BCUT2D eigenvalue weighted by Crippen LogP contribution is 2.22. The van der Waals surface area contributed by atoms with Gasteiger partial charge in [0.25, 0.3) is 5.92 Å². The lowest BCUT2D eigenvalue weighted by Crippen LogP contribution is -2.39. The van der Waals surface area contributed by atoms with Crippen molar-refractivity contribution >= 4 is 10.0 Å². The molecule has 0 spiro atoms. The molecule has 0 aliphatic rings. The van der Waals surface area contributed by atoms with E-state index in [0.717, 1.165) is 5.56 Å². The topological polar surface area (TPSA) is 66.4 Å². The van der Waals surface area contributed by atoms with Crippen molar-refractivity contribution in [3.8, 4) is 0 Å². The fourth-order valence-corrected chi connectivity index (χ4v) is 3.43. The Morgan fingerprint density at radius 3 is 2.11 bits per heavy atom. The van der Waals surface area contributed by atoms with E-state index in [1.165, 1.54) is 0 Å². The van der Waals surface area contributed by atoms with Crippen molar-refractivity contribution in [1.29, 1.82) is 0 Å². The van der Waals surface area contributed by atoms with E-state index in [2.05, 4.69) is 0 Å². The molecule has 0 saturated carbocycles. The molecule has 7 heteroatoms. The fourth-order valence-electron chi connectivity index (χ4n) is 1.92. The maximum atomic E-state index is 12.9. The average molecular weight is 293 g/mol. The molecule has 0 bridgehead atoms. The third kappa shape index (κ3) is 3.95. The summed E-state index contributed by atoms with van der Waals surface area (Å²) < 4.78 is 51.6. The average Bonchev–Trinajstić information content (AvgIpc) is 2.25. The quantitative estimate of drug-likeness (QED) is 0.865. The Balaban J connectivity index is 3.09. The maximum Gasteiger partial charge on any atom is 0.283 e. The van der Waals surface area contributed by atoms with Crippen molar-refractivity contribution in [3.63, 3.8) is 0 Å². The molecule has 0 heterocycles. The summed E-state index contributed by atoms with van der Waals surface area (Å²) in [6.07, 6.45) is 0. The number of hydrogen-bond donors (Lipinski definition) is 2. The van der Waals surface area contributed by atoms with Gasteiger partial charge in [-0.05, 0) is 31.9 Å². The minimum absolute atomic E-state index is 0.00633. The van der Waals surface area contributed by atoms with Gasteiger partial charge >= 0.3 is 0 Å². The Morgan fingerprint density at radius 2 is 1.68 bits per heavy atom. The highest BCUT2D eigenvalue weighted by molar-refractivity contribution is 7.89. The summed E-state index contributed by atoms with van der Waals surface area (Å²) in [7, 11) is -4.02. The molecule has 2 N–H and O–H groups in total. The van der Waals surface area contributed by atoms with Crippen LogP contribution < -0.4 is 4.72 Å². The lowest BCUT2D eigenvalue weighted by molar-refractivity contribution is -0.0437. The van der Waals surface area contributed by atoms with Gasteiger partial charge in [-0.1, -0.05) is 17.7 Å². The standard InChI is InChI=1S/C12H17F2NO3S/c1-8-4-9(2)11(10(3)5-8)19(17,18)15-6-12(13,14)7-16/h4-5,15-16H,6-7H2,1-3H3. The van der Waals surface area contributed by atoms with Crippen LogP contribution in [0.4, 0.5) is 8.78 Å². The SMILES string of the molecule is Cc1cc(C)c(S(=O)(=O)NCC(F)(F)CO)c(C)c1. The first-order chi connectivity index (χ1) is 8.59. The third-order valence-electron chi connectivity index (χ3n) is 2.63. The van der Waals surface area contributed by atoms with Gasteiger partial charge in [-0.25, -0.2) is 21.9 Å². The molecule has 0 saturated heterocycles. The summed E-state index contributed by atoms with van der Waals surface area (Å²) in [4.78, 5) is 0.00633. The van der Waals surface area contributed by atoms with E-state index < -0.39 is 29.1 Å². The summed E-state index contributed by atoms with van der Waals surface area (Å²) in [6, 6.07) is 3.34. The molecule has 0 aromatic heterocycles. The van der Waals surface area contributed by atoms with Crippen LogP contribution in [0.3, 0.4) is 0 Å². The van der Waals surface area contributed by atoms with Crippen LogP contribution in [0.1, 0.15) is 16.7 Å². The monoisotopic (exact) mass is 293 g/mol. The van der Waals surface area contributed by atoms with Crippen molar-refractivity contribution in [2.45, 2.75) is 31.6 Å². The zero-order valence-electron chi connectivity index (χ0n) is 11.0. The molecule has 0 aliphatic heterocycles. The van der Waals surface area contributed by atoms with Crippen LogP contribution in [-0.2, 0) is 10.0 Å². The predicted molar refractivity (Wildman–Crippen MR) is 67.9 cm³/mol. The van der Waals surface area contributed by atoms with E-state index in [0.29, 0.717) is 11.1 Å². The van der Waals surface area contributed by atoms with Gasteiger partial charge in [-0.3, -0.25) is 0 Å². The predicted octanol–water partition coefficient (Wildman–Crippen LogP) is 1.52. The number of halogens is 2. The van der Waals surface area contributed by atoms with Crippen LogP contribution in [0.25, 0.3) is 0 Å². The number of hydrogen-bond acceptors (Lipinski definition) is 3. The first-order valence-corrected chi connectivity index (χ1v) is 7.13. The van der Waals surface area contributed by atoms with Crippen LogP contribution >= 0.6 is 0 Å². The van der Waals surface area contributed by atoms with E-state index in [-0.39, 0.29) is 4.90 Å². The Hall–Kier alpha value is -1.05. The number of benzene rings is 1. The Kier molecular flexibility index (Phi) is 4.65. The molecule has 108 valence electrons. The Labute approximate surface area is 111 Å². The van der Waals surface area contributed by atoms with Gasteiger partial charge < -0.3 is 5.11 Å². The van der Waals surface area contributed by atoms with Gasteiger partial charge in [-0.2, -0.15) is 0 Å². The Bertz CT molecular complexity index is 547. The number of aryl methyl sites for hydroxylation is 3. The van der Waals surface area contributed by atoms with Gasteiger partial charge in [0.2, 0.25) is 10.0 Å². The first-order valence-electron chi connectivity index (χ1n) is 5.65. The van der Waals surface area contributed by atoms with Crippen molar-refractivity contribution in [2.24, 2.45) is 0 Å². The second-order valence-electron chi connectivity index (χ2n) is 4.57. The van der Waals surface area contributed by atoms with Gasteiger partial charge in [-0.15, -0.1) is 0 Å². The molecule has 0 aliphatic carbocycles. The second-order valence-corrected chi connectivity index (χ2v) is 6.27. The molecule has 1 aromatic rings. The summed E-state index contributed by atoms with van der Waals surface area (Å²) in [5.74, 6) is -3.47. The number of aliphatic hydroxyl groups is 1. The van der Waals surface area contributed by atoms with Crippen LogP contribution in [0.15, 0.2) is 17.0 Å². The highest BCUT2D eigenvalue weighted by atomic mass is 32.2. The van der Waals surface area contributed by atoms with E-state index in [4.69, 9.17) is 5.11 Å². The lowest BCUT2D eigenvalue weighted by Gasteiger charge is -2.16. The molecular formula is C12H17F2NO3S. The highest BCUT2D eigenvalue weighted by Gasteiger charge is 2.31. The molecule has 0 amide bonds. The second kappa shape index (κ2) is 5.52. The zero-order chi connectivity index (χ0) is 14.8. The van der Waals surface area contributed by atoms with E-state index in [9.17, 15) is 17.2 Å². The van der Waals surface area contributed by atoms with E-state index >= 15 is 0 Å².